The van der Waals surface area contributed by atoms with Gasteiger partial charge in [-0.3, -0.25) is 4.79 Å². The molecule has 0 saturated heterocycles. The third-order valence-corrected chi connectivity index (χ3v) is 2.48. The van der Waals surface area contributed by atoms with Crippen LogP contribution in [0.5, 0.6) is 0 Å². The highest BCUT2D eigenvalue weighted by Crippen LogP contribution is 2.11. The van der Waals surface area contributed by atoms with E-state index in [1.165, 1.54) is 0 Å². The van der Waals surface area contributed by atoms with Gasteiger partial charge in [0.1, 0.15) is 0 Å². The third-order valence-electron chi connectivity index (χ3n) is 1.96. The lowest BCUT2D eigenvalue weighted by molar-refractivity contribution is 0.0955. The van der Waals surface area contributed by atoms with Crippen LogP contribution in [0, 0.1) is 0 Å². The molecule has 1 atom stereocenters. The number of ketones is 1. The molecule has 13 heavy (non-hydrogen) atoms. The minimum absolute atomic E-state index is 0.120. The highest BCUT2D eigenvalue weighted by molar-refractivity contribution is 9.10. The summed E-state index contributed by atoms with van der Waals surface area (Å²) in [6, 6.07) is 7.26. The summed E-state index contributed by atoms with van der Waals surface area (Å²) in [4.78, 5) is 11.6. The molecule has 0 saturated carbocycles. The minimum atomic E-state index is -0.124. The van der Waals surface area contributed by atoms with Gasteiger partial charge in [-0.05, 0) is 26.1 Å². The summed E-state index contributed by atoms with van der Waals surface area (Å²) in [5.74, 6) is 0.120. The fourth-order valence-corrected chi connectivity index (χ4v) is 1.26. The summed E-state index contributed by atoms with van der Waals surface area (Å²) in [7, 11) is 1.78. The van der Waals surface area contributed by atoms with Gasteiger partial charge in [-0.1, -0.05) is 28.1 Å². The molecule has 0 bridgehead atoms. The number of Topliss-reactive ketones (excluding diaryl/α,β-unsaturated/α-hetero) is 1. The lowest BCUT2D eigenvalue weighted by Gasteiger charge is -2.08. The van der Waals surface area contributed by atoms with Crippen molar-refractivity contribution in [1.29, 1.82) is 0 Å². The highest BCUT2D eigenvalue weighted by Gasteiger charge is 2.11. The molecule has 70 valence electrons. The Morgan fingerprint density at radius 1 is 1.38 bits per heavy atom. The maximum atomic E-state index is 11.6. The van der Waals surface area contributed by atoms with Gasteiger partial charge in [-0.25, -0.2) is 0 Å². The van der Waals surface area contributed by atoms with Crippen LogP contribution in [0.25, 0.3) is 0 Å². The first-order valence-electron chi connectivity index (χ1n) is 4.12. The Morgan fingerprint density at radius 3 is 2.38 bits per heavy atom. The van der Waals surface area contributed by atoms with E-state index in [0.29, 0.717) is 0 Å². The smallest absolute Gasteiger partial charge is 0.179 e. The van der Waals surface area contributed by atoms with E-state index in [1.807, 2.05) is 31.2 Å². The SMILES string of the molecule is CN[C@@H](C)C(=O)c1ccc(Br)cc1. The molecule has 0 spiro atoms. The molecule has 0 aromatic heterocycles. The van der Waals surface area contributed by atoms with Crippen LogP contribution in [0.15, 0.2) is 28.7 Å². The predicted molar refractivity (Wildman–Crippen MR) is 57.0 cm³/mol. The molecule has 0 radical (unpaired) electrons. The predicted octanol–water partition coefficient (Wildman–Crippen LogP) is 2.24. The summed E-state index contributed by atoms with van der Waals surface area (Å²) >= 11 is 3.32. The fraction of sp³-hybridized carbons (Fsp3) is 0.300. The van der Waals surface area contributed by atoms with Crippen molar-refractivity contribution in [3.8, 4) is 0 Å². The molecule has 1 aromatic rings. The molecule has 0 fully saturated rings. The number of hydrogen-bond donors (Lipinski definition) is 1. The van der Waals surface area contributed by atoms with Crippen LogP contribution < -0.4 is 5.32 Å². The Balaban J connectivity index is 2.83. The Bertz CT molecular complexity index is 294. The van der Waals surface area contributed by atoms with Gasteiger partial charge in [0.25, 0.3) is 0 Å². The Hall–Kier alpha value is -0.670. The first-order chi connectivity index (χ1) is 6.15. The summed E-state index contributed by atoms with van der Waals surface area (Å²) in [6.07, 6.45) is 0. The number of likely N-dealkylation sites (N-methyl/N-ethyl adjacent to an activating group) is 1. The lowest BCUT2D eigenvalue weighted by Crippen LogP contribution is -2.30. The Labute approximate surface area is 86.5 Å². The molecule has 2 nitrogen and oxygen atoms in total. The minimum Gasteiger partial charge on any atom is -0.310 e. The van der Waals surface area contributed by atoms with Crippen molar-refractivity contribution in [2.24, 2.45) is 0 Å². The van der Waals surface area contributed by atoms with Crippen LogP contribution in [0.1, 0.15) is 17.3 Å². The second kappa shape index (κ2) is 4.53. The molecule has 1 aromatic carbocycles. The fourth-order valence-electron chi connectivity index (χ4n) is 0.995. The molecular weight excluding hydrogens is 230 g/mol. The van der Waals surface area contributed by atoms with Gasteiger partial charge in [0, 0.05) is 10.0 Å². The Morgan fingerprint density at radius 2 is 1.92 bits per heavy atom. The number of hydrogen-bond acceptors (Lipinski definition) is 2. The van der Waals surface area contributed by atoms with Gasteiger partial charge in [0.2, 0.25) is 0 Å². The van der Waals surface area contributed by atoms with E-state index in [1.54, 1.807) is 7.05 Å². The van der Waals surface area contributed by atoms with Crippen molar-refractivity contribution < 1.29 is 4.79 Å². The van der Waals surface area contributed by atoms with Crippen LogP contribution in [-0.4, -0.2) is 18.9 Å². The number of benzene rings is 1. The zero-order valence-electron chi connectivity index (χ0n) is 7.67. The number of rotatable bonds is 3. The van der Waals surface area contributed by atoms with Gasteiger partial charge in [-0.15, -0.1) is 0 Å². The standard InChI is InChI=1S/C10H12BrNO/c1-7(12-2)10(13)8-3-5-9(11)6-4-8/h3-7,12H,1-2H3/t7-/m0/s1. The van der Waals surface area contributed by atoms with Crippen molar-refractivity contribution in [2.45, 2.75) is 13.0 Å². The van der Waals surface area contributed by atoms with Crippen LogP contribution >= 0.6 is 15.9 Å². The maximum Gasteiger partial charge on any atom is 0.179 e. The molecule has 0 unspecified atom stereocenters. The Kier molecular flexibility index (Phi) is 3.63. The summed E-state index contributed by atoms with van der Waals surface area (Å²) < 4.78 is 0.987. The molecule has 1 N–H and O–H groups in total. The molecule has 0 aliphatic rings. The molecule has 1 rings (SSSR count). The quantitative estimate of drug-likeness (QED) is 0.823. The molecule has 0 heterocycles. The average Bonchev–Trinajstić information content (AvgIpc) is 2.17. The number of carbonyl (C=O) groups excluding carboxylic acids is 1. The monoisotopic (exact) mass is 241 g/mol. The molecule has 0 aliphatic heterocycles. The first kappa shape index (κ1) is 10.4. The van der Waals surface area contributed by atoms with Gasteiger partial charge < -0.3 is 5.32 Å². The first-order valence-corrected chi connectivity index (χ1v) is 4.91. The molecular formula is C10H12BrNO. The van der Waals surface area contributed by atoms with Gasteiger partial charge in [0.05, 0.1) is 6.04 Å². The normalized spacial score (nSPS) is 12.5. The van der Waals surface area contributed by atoms with Crippen molar-refractivity contribution >= 4 is 21.7 Å². The van der Waals surface area contributed by atoms with Crippen molar-refractivity contribution in [3.05, 3.63) is 34.3 Å². The van der Waals surface area contributed by atoms with Gasteiger partial charge in [-0.2, -0.15) is 0 Å². The largest absolute Gasteiger partial charge is 0.310 e. The van der Waals surface area contributed by atoms with Crippen molar-refractivity contribution in [2.75, 3.05) is 7.05 Å². The van der Waals surface area contributed by atoms with E-state index in [0.717, 1.165) is 10.0 Å². The van der Waals surface area contributed by atoms with E-state index >= 15 is 0 Å². The van der Waals surface area contributed by atoms with E-state index in [-0.39, 0.29) is 11.8 Å². The topological polar surface area (TPSA) is 29.1 Å². The summed E-state index contributed by atoms with van der Waals surface area (Å²) in [5.41, 5.74) is 0.741. The van der Waals surface area contributed by atoms with Crippen LogP contribution in [0.3, 0.4) is 0 Å². The lowest BCUT2D eigenvalue weighted by atomic mass is 10.1. The van der Waals surface area contributed by atoms with Crippen LogP contribution in [-0.2, 0) is 0 Å². The van der Waals surface area contributed by atoms with Gasteiger partial charge >= 0.3 is 0 Å². The molecule has 3 heteroatoms. The van der Waals surface area contributed by atoms with Crippen LogP contribution in [0.2, 0.25) is 0 Å². The van der Waals surface area contributed by atoms with E-state index in [2.05, 4.69) is 21.2 Å². The second-order valence-electron chi connectivity index (χ2n) is 2.88. The molecule has 0 amide bonds. The summed E-state index contributed by atoms with van der Waals surface area (Å²) in [6.45, 7) is 1.85. The maximum absolute atomic E-state index is 11.6. The van der Waals surface area contributed by atoms with Crippen molar-refractivity contribution in [3.63, 3.8) is 0 Å². The van der Waals surface area contributed by atoms with E-state index in [9.17, 15) is 4.79 Å². The van der Waals surface area contributed by atoms with Gasteiger partial charge in [0.15, 0.2) is 5.78 Å². The van der Waals surface area contributed by atoms with Crippen molar-refractivity contribution in [1.82, 2.24) is 5.32 Å². The third kappa shape index (κ3) is 2.64. The number of carbonyl (C=O) groups is 1. The summed E-state index contributed by atoms with van der Waals surface area (Å²) in [5, 5.41) is 2.92. The number of halogens is 1. The highest BCUT2D eigenvalue weighted by atomic mass is 79.9. The zero-order chi connectivity index (χ0) is 9.84. The zero-order valence-corrected chi connectivity index (χ0v) is 9.26. The number of nitrogens with one attached hydrogen (secondary N) is 1. The van der Waals surface area contributed by atoms with E-state index in [4.69, 9.17) is 0 Å². The van der Waals surface area contributed by atoms with Crippen LogP contribution in [0.4, 0.5) is 0 Å². The average molecular weight is 242 g/mol. The molecule has 0 aliphatic carbocycles. The second-order valence-corrected chi connectivity index (χ2v) is 3.80. The van der Waals surface area contributed by atoms with E-state index < -0.39 is 0 Å².